The summed E-state index contributed by atoms with van der Waals surface area (Å²) in [6.45, 7) is 0.559. The number of hydrogen-bond acceptors (Lipinski definition) is 3. The molecule has 0 radical (unpaired) electrons. The molecule has 1 amide bonds. The highest BCUT2D eigenvalue weighted by atomic mass is 19.4. The lowest BCUT2D eigenvalue weighted by Crippen LogP contribution is -2.53. The molecule has 9 heteroatoms. The van der Waals surface area contributed by atoms with Gasteiger partial charge in [0.1, 0.15) is 6.17 Å². The Hall–Kier alpha value is -2.94. The maximum absolute atomic E-state index is 14.2. The predicted octanol–water partition coefficient (Wildman–Crippen LogP) is 4.51. The molecule has 33 heavy (non-hydrogen) atoms. The molecule has 4 rings (SSSR count). The average Bonchev–Trinajstić information content (AvgIpc) is 3.55. The first-order valence-corrected chi connectivity index (χ1v) is 10.8. The fourth-order valence-electron chi connectivity index (χ4n) is 4.33. The lowest BCUT2D eigenvalue weighted by Gasteiger charge is -2.37. The molecule has 0 bridgehead atoms. The molecule has 2 aliphatic rings. The number of carbonyl (C=O) groups excluding carboxylic acids is 1. The number of carboxylic acid groups (broad SMARTS) is 1. The van der Waals surface area contributed by atoms with Crippen molar-refractivity contribution in [2.45, 2.75) is 56.2 Å². The highest BCUT2D eigenvalue weighted by molar-refractivity contribution is 5.87. The van der Waals surface area contributed by atoms with Crippen LogP contribution < -0.4 is 5.32 Å². The molecule has 0 aromatic heterocycles. The standard InChI is InChI=1S/C24H24F4N2O3/c25-19-9-12-30(14-15-1-5-18(6-2-15)24(26,27)28)20(13-19)21(31)29-23(10-11-23)17-7-3-16(4-8-17)22(32)33/h1-8,19-20H,9-14H2,(H,29,31)(H,32,33)/t19?,20-/m1/s1. The normalized spacial score (nSPS) is 22.5. The van der Waals surface area contributed by atoms with Crippen LogP contribution >= 0.6 is 0 Å². The van der Waals surface area contributed by atoms with Crippen molar-refractivity contribution in [3.8, 4) is 0 Å². The Labute approximate surface area is 188 Å². The Bertz CT molecular complexity index is 1020. The highest BCUT2D eigenvalue weighted by Gasteiger charge is 2.47. The molecule has 1 saturated carbocycles. The molecular weight excluding hydrogens is 440 g/mol. The summed E-state index contributed by atoms with van der Waals surface area (Å²) < 4.78 is 52.7. The molecule has 2 N–H and O–H groups in total. The van der Waals surface area contributed by atoms with Crippen LogP contribution in [0.2, 0.25) is 0 Å². The Morgan fingerprint density at radius 2 is 1.70 bits per heavy atom. The van der Waals surface area contributed by atoms with Crippen molar-refractivity contribution in [1.82, 2.24) is 10.2 Å². The third-order valence-electron chi connectivity index (χ3n) is 6.42. The van der Waals surface area contributed by atoms with Gasteiger partial charge in [0, 0.05) is 19.5 Å². The molecule has 1 aliphatic carbocycles. The van der Waals surface area contributed by atoms with Crippen molar-refractivity contribution < 1.29 is 32.3 Å². The van der Waals surface area contributed by atoms with Crippen LogP contribution in [0.5, 0.6) is 0 Å². The highest BCUT2D eigenvalue weighted by Crippen LogP contribution is 2.46. The smallest absolute Gasteiger partial charge is 0.416 e. The fraction of sp³-hybridized carbons (Fsp3) is 0.417. The van der Waals surface area contributed by atoms with Gasteiger partial charge in [0.2, 0.25) is 5.91 Å². The van der Waals surface area contributed by atoms with Crippen molar-refractivity contribution in [2.24, 2.45) is 0 Å². The predicted molar refractivity (Wildman–Crippen MR) is 112 cm³/mol. The van der Waals surface area contributed by atoms with Crippen LogP contribution in [-0.4, -0.2) is 40.6 Å². The van der Waals surface area contributed by atoms with Crippen LogP contribution in [0.3, 0.4) is 0 Å². The molecule has 2 fully saturated rings. The van der Waals surface area contributed by atoms with Gasteiger partial charge in [0.25, 0.3) is 0 Å². The van der Waals surface area contributed by atoms with Crippen molar-refractivity contribution >= 4 is 11.9 Å². The number of aromatic carboxylic acids is 1. The van der Waals surface area contributed by atoms with Gasteiger partial charge in [-0.05, 0) is 54.7 Å². The quantitative estimate of drug-likeness (QED) is 0.618. The SMILES string of the molecule is O=C(O)c1ccc(C2(NC(=O)[C@H]3CC(F)CCN3Cc3ccc(C(F)(F)F)cc3)CC2)cc1. The summed E-state index contributed by atoms with van der Waals surface area (Å²) in [5.41, 5.74) is 0.215. The molecule has 1 saturated heterocycles. The van der Waals surface area contributed by atoms with E-state index in [1.807, 2.05) is 0 Å². The second-order valence-corrected chi connectivity index (χ2v) is 8.76. The second-order valence-electron chi connectivity index (χ2n) is 8.76. The fourth-order valence-corrected chi connectivity index (χ4v) is 4.33. The first-order valence-electron chi connectivity index (χ1n) is 10.8. The number of alkyl halides is 4. The van der Waals surface area contributed by atoms with Crippen molar-refractivity contribution in [3.63, 3.8) is 0 Å². The van der Waals surface area contributed by atoms with E-state index >= 15 is 0 Å². The van der Waals surface area contributed by atoms with Gasteiger partial charge in [-0.1, -0.05) is 24.3 Å². The van der Waals surface area contributed by atoms with Crippen LogP contribution in [0, 0.1) is 0 Å². The third-order valence-corrected chi connectivity index (χ3v) is 6.42. The molecular formula is C24H24F4N2O3. The molecule has 0 spiro atoms. The third kappa shape index (κ3) is 5.19. The van der Waals surface area contributed by atoms with Crippen LogP contribution in [0.15, 0.2) is 48.5 Å². The first-order chi connectivity index (χ1) is 15.6. The van der Waals surface area contributed by atoms with E-state index in [9.17, 15) is 27.2 Å². The number of nitrogens with one attached hydrogen (secondary N) is 1. The van der Waals surface area contributed by atoms with Crippen molar-refractivity contribution in [3.05, 3.63) is 70.8 Å². The number of carboxylic acids is 1. The van der Waals surface area contributed by atoms with Crippen LogP contribution in [0.25, 0.3) is 0 Å². The number of halogens is 4. The van der Waals surface area contributed by atoms with Gasteiger partial charge in [0.15, 0.2) is 0 Å². The summed E-state index contributed by atoms with van der Waals surface area (Å²) in [5, 5.41) is 12.1. The summed E-state index contributed by atoms with van der Waals surface area (Å²) in [4.78, 5) is 26.1. The minimum atomic E-state index is -4.42. The van der Waals surface area contributed by atoms with E-state index in [0.29, 0.717) is 24.9 Å². The molecule has 2 aromatic rings. The number of hydrogen-bond donors (Lipinski definition) is 2. The van der Waals surface area contributed by atoms with Gasteiger partial charge >= 0.3 is 12.1 Å². The number of amides is 1. The molecule has 1 unspecified atom stereocenters. The lowest BCUT2D eigenvalue weighted by atomic mass is 9.97. The Balaban J connectivity index is 1.47. The van der Waals surface area contributed by atoms with Crippen molar-refractivity contribution in [1.29, 1.82) is 0 Å². The molecule has 1 aliphatic heterocycles. The largest absolute Gasteiger partial charge is 0.478 e. The molecule has 1 heterocycles. The van der Waals surface area contributed by atoms with E-state index in [1.54, 1.807) is 17.0 Å². The Kier molecular flexibility index (Phi) is 6.18. The summed E-state index contributed by atoms with van der Waals surface area (Å²) in [6.07, 6.45) is -3.90. The molecule has 5 nitrogen and oxygen atoms in total. The summed E-state index contributed by atoms with van der Waals surface area (Å²) in [7, 11) is 0. The molecule has 2 aromatic carbocycles. The zero-order valence-electron chi connectivity index (χ0n) is 17.7. The first kappa shape index (κ1) is 23.2. The zero-order valence-corrected chi connectivity index (χ0v) is 17.7. The van der Waals surface area contributed by atoms with Gasteiger partial charge in [-0.15, -0.1) is 0 Å². The molecule has 176 valence electrons. The van der Waals surface area contributed by atoms with E-state index in [1.165, 1.54) is 24.3 Å². The molecule has 2 atom stereocenters. The second kappa shape index (κ2) is 8.78. The number of rotatable bonds is 6. The Morgan fingerprint density at radius 1 is 1.06 bits per heavy atom. The maximum atomic E-state index is 14.2. The van der Waals surface area contributed by atoms with Gasteiger partial charge in [-0.3, -0.25) is 9.69 Å². The Morgan fingerprint density at radius 3 is 2.24 bits per heavy atom. The van der Waals surface area contributed by atoms with E-state index in [4.69, 9.17) is 5.11 Å². The van der Waals surface area contributed by atoms with E-state index in [0.717, 1.165) is 17.7 Å². The topological polar surface area (TPSA) is 69.6 Å². The number of carbonyl (C=O) groups is 2. The summed E-state index contributed by atoms with van der Waals surface area (Å²) in [6, 6.07) is 10.4. The zero-order chi connectivity index (χ0) is 23.8. The summed E-state index contributed by atoms with van der Waals surface area (Å²) in [5.74, 6) is -1.37. The van der Waals surface area contributed by atoms with E-state index < -0.39 is 35.5 Å². The van der Waals surface area contributed by atoms with E-state index in [2.05, 4.69) is 5.32 Å². The van der Waals surface area contributed by atoms with Gasteiger partial charge in [0.05, 0.1) is 22.7 Å². The monoisotopic (exact) mass is 464 g/mol. The van der Waals surface area contributed by atoms with Gasteiger partial charge < -0.3 is 10.4 Å². The van der Waals surface area contributed by atoms with Crippen LogP contribution in [-0.2, 0) is 23.1 Å². The van der Waals surface area contributed by atoms with Crippen molar-refractivity contribution in [2.75, 3.05) is 6.54 Å². The average molecular weight is 464 g/mol. The number of nitrogens with zero attached hydrogens (tertiary/aromatic N) is 1. The number of benzene rings is 2. The number of piperidine rings is 1. The van der Waals surface area contributed by atoms with E-state index in [-0.39, 0.29) is 30.9 Å². The van der Waals surface area contributed by atoms with Crippen LogP contribution in [0.1, 0.15) is 52.7 Å². The minimum absolute atomic E-state index is 0.0144. The number of likely N-dealkylation sites (tertiary alicyclic amines) is 1. The van der Waals surface area contributed by atoms with Gasteiger partial charge in [-0.25, -0.2) is 9.18 Å². The minimum Gasteiger partial charge on any atom is -0.478 e. The van der Waals surface area contributed by atoms with Crippen LogP contribution in [0.4, 0.5) is 17.6 Å². The lowest BCUT2D eigenvalue weighted by molar-refractivity contribution is -0.137. The summed E-state index contributed by atoms with van der Waals surface area (Å²) >= 11 is 0. The maximum Gasteiger partial charge on any atom is 0.416 e. The van der Waals surface area contributed by atoms with Gasteiger partial charge in [-0.2, -0.15) is 13.2 Å².